The number of aliphatic hydroxyl groups excluding tert-OH is 1. The Morgan fingerprint density at radius 1 is 1.00 bits per heavy atom. The number of halogens is 1. The van der Waals surface area contributed by atoms with Crippen molar-refractivity contribution >= 4 is 34.7 Å². The predicted octanol–water partition coefficient (Wildman–Crippen LogP) is 6.91. The number of hydrogen-bond acceptors (Lipinski definition) is 5. The third-order valence-electron chi connectivity index (χ3n) is 6.89. The second-order valence-corrected chi connectivity index (χ2v) is 9.40. The van der Waals surface area contributed by atoms with Gasteiger partial charge in [0.05, 0.1) is 20.1 Å². The molecule has 188 valence electrons. The summed E-state index contributed by atoms with van der Waals surface area (Å²) in [6.07, 6.45) is 1.69. The van der Waals surface area contributed by atoms with Gasteiger partial charge < -0.3 is 14.6 Å². The van der Waals surface area contributed by atoms with E-state index in [1.807, 2.05) is 36.4 Å². The summed E-state index contributed by atoms with van der Waals surface area (Å²) in [5.74, 6) is 0.426. The fourth-order valence-electron chi connectivity index (χ4n) is 5.19. The average molecular weight is 515 g/mol. The molecule has 1 aliphatic heterocycles. The van der Waals surface area contributed by atoms with Gasteiger partial charge in [-0.3, -0.25) is 15.1 Å². The first kappa shape index (κ1) is 24.7. The number of ketones is 1. The number of methoxy groups -OCH3 is 2. The number of nitrogens with zero attached hydrogens (tertiary/aromatic N) is 1. The summed E-state index contributed by atoms with van der Waals surface area (Å²) < 4.78 is 11.2. The van der Waals surface area contributed by atoms with Gasteiger partial charge >= 0.3 is 0 Å². The second kappa shape index (κ2) is 10.1. The molecule has 0 aromatic heterocycles. The van der Waals surface area contributed by atoms with E-state index in [1.54, 1.807) is 55.5 Å². The van der Waals surface area contributed by atoms with Gasteiger partial charge in [-0.25, -0.2) is 0 Å². The minimum Gasteiger partial charge on any atom is -0.507 e. The van der Waals surface area contributed by atoms with Crippen molar-refractivity contribution in [3.63, 3.8) is 0 Å². The number of anilines is 1. The Hall–Kier alpha value is -4.03. The van der Waals surface area contributed by atoms with Gasteiger partial charge in [0.2, 0.25) is 0 Å². The molecule has 1 aliphatic carbocycles. The molecule has 1 atom stereocenters. The Morgan fingerprint density at radius 3 is 2.41 bits per heavy atom. The smallest absolute Gasteiger partial charge is 0.161 e. The molecule has 1 unspecified atom stereocenters. The van der Waals surface area contributed by atoms with Crippen LogP contribution in [-0.4, -0.2) is 30.9 Å². The van der Waals surface area contributed by atoms with Gasteiger partial charge in [0, 0.05) is 45.1 Å². The van der Waals surface area contributed by atoms with Crippen LogP contribution in [0.2, 0.25) is 5.02 Å². The molecule has 1 heterocycles. The summed E-state index contributed by atoms with van der Waals surface area (Å²) in [5.41, 5.74) is 3.54. The molecule has 0 fully saturated rings. The van der Waals surface area contributed by atoms with E-state index in [-0.39, 0.29) is 17.4 Å². The SMILES string of the molecule is COc1ccc(OC)c(C2C3=C(CCCC3=O)N(c3ccc(Cl)cc3)C(=N)/C2=C(/O)c2ccccc2)c1. The van der Waals surface area contributed by atoms with E-state index in [2.05, 4.69) is 0 Å². The molecule has 0 saturated carbocycles. The maximum Gasteiger partial charge on any atom is 0.161 e. The van der Waals surface area contributed by atoms with Gasteiger partial charge in [0.1, 0.15) is 23.1 Å². The molecule has 0 bridgehead atoms. The van der Waals surface area contributed by atoms with Crippen molar-refractivity contribution < 1.29 is 19.4 Å². The number of hydrogen-bond donors (Lipinski definition) is 2. The summed E-state index contributed by atoms with van der Waals surface area (Å²) >= 11 is 6.16. The Kier molecular flexibility index (Phi) is 6.76. The molecule has 3 aromatic carbocycles. The van der Waals surface area contributed by atoms with Gasteiger partial charge in [-0.2, -0.15) is 0 Å². The first-order chi connectivity index (χ1) is 17.9. The van der Waals surface area contributed by atoms with Crippen LogP contribution in [0.25, 0.3) is 5.76 Å². The number of Topliss-reactive ketones (excluding diaryl/α,β-unsaturated/α-hetero) is 1. The van der Waals surface area contributed by atoms with Gasteiger partial charge in [0.25, 0.3) is 0 Å². The number of benzene rings is 3. The molecular weight excluding hydrogens is 488 g/mol. The van der Waals surface area contributed by atoms with Crippen molar-refractivity contribution in [1.29, 1.82) is 5.41 Å². The molecule has 37 heavy (non-hydrogen) atoms. The summed E-state index contributed by atoms with van der Waals surface area (Å²) in [5, 5.41) is 21.7. The van der Waals surface area contributed by atoms with Crippen LogP contribution in [0.5, 0.6) is 11.5 Å². The molecule has 0 amide bonds. The van der Waals surface area contributed by atoms with Crippen LogP contribution in [-0.2, 0) is 4.79 Å². The topological polar surface area (TPSA) is 82.9 Å². The van der Waals surface area contributed by atoms with E-state index in [0.29, 0.717) is 63.7 Å². The standard InChI is InChI=1S/C30H27ClN2O4/c1-36-21-15-16-25(37-2)22(17-21)26-27-23(9-6-10-24(27)34)33(20-13-11-19(31)12-14-20)30(32)28(26)29(35)18-7-4-3-5-8-18/h3-5,7-8,11-17,26,32,35H,6,9-10H2,1-2H3/b29-28+,32-30?. The number of carbonyl (C=O) groups is 1. The van der Waals surface area contributed by atoms with Crippen molar-refractivity contribution in [2.24, 2.45) is 0 Å². The Bertz CT molecular complexity index is 1430. The van der Waals surface area contributed by atoms with Crippen molar-refractivity contribution in [2.75, 3.05) is 19.1 Å². The number of carbonyl (C=O) groups excluding carboxylic acids is 1. The summed E-state index contributed by atoms with van der Waals surface area (Å²) in [7, 11) is 3.14. The number of ether oxygens (including phenoxy) is 2. The molecule has 0 saturated heterocycles. The Balaban J connectivity index is 1.86. The average Bonchev–Trinajstić information content (AvgIpc) is 2.93. The van der Waals surface area contributed by atoms with E-state index in [0.717, 1.165) is 5.70 Å². The normalized spacial score (nSPS) is 19.0. The molecule has 2 aliphatic rings. The van der Waals surface area contributed by atoms with Crippen molar-refractivity contribution in [3.8, 4) is 11.5 Å². The van der Waals surface area contributed by atoms with Crippen LogP contribution in [0.4, 0.5) is 5.69 Å². The lowest BCUT2D eigenvalue weighted by Gasteiger charge is -2.42. The highest BCUT2D eigenvalue weighted by atomic mass is 35.5. The van der Waals surface area contributed by atoms with E-state index in [4.69, 9.17) is 21.1 Å². The highest BCUT2D eigenvalue weighted by Gasteiger charge is 2.44. The number of rotatable bonds is 5. The maximum atomic E-state index is 13.7. The number of amidine groups is 1. The van der Waals surface area contributed by atoms with Crippen LogP contribution in [0.1, 0.15) is 36.3 Å². The minimum atomic E-state index is -0.718. The third kappa shape index (κ3) is 4.38. The molecule has 6 nitrogen and oxygen atoms in total. The molecular formula is C30H27ClN2O4. The van der Waals surface area contributed by atoms with Crippen molar-refractivity contribution in [2.45, 2.75) is 25.2 Å². The highest BCUT2D eigenvalue weighted by Crippen LogP contribution is 2.50. The lowest BCUT2D eigenvalue weighted by atomic mass is 9.73. The number of allylic oxidation sites excluding steroid dienone is 2. The van der Waals surface area contributed by atoms with E-state index < -0.39 is 5.92 Å². The lowest BCUT2D eigenvalue weighted by Crippen LogP contribution is -2.42. The first-order valence-corrected chi connectivity index (χ1v) is 12.4. The molecule has 3 aromatic rings. The zero-order valence-corrected chi connectivity index (χ0v) is 21.4. The fraction of sp³-hybridized carbons (Fsp3) is 0.200. The van der Waals surface area contributed by atoms with Gasteiger partial charge in [-0.1, -0.05) is 41.9 Å². The van der Waals surface area contributed by atoms with Gasteiger partial charge in [-0.15, -0.1) is 0 Å². The Labute approximate surface area is 220 Å². The molecule has 5 rings (SSSR count). The minimum absolute atomic E-state index is 0.0130. The number of nitrogens with one attached hydrogen (secondary N) is 1. The van der Waals surface area contributed by atoms with Crippen LogP contribution in [0.15, 0.2) is 89.6 Å². The summed E-state index contributed by atoms with van der Waals surface area (Å²) in [6.45, 7) is 0. The van der Waals surface area contributed by atoms with Crippen molar-refractivity contribution in [1.82, 2.24) is 0 Å². The molecule has 7 heteroatoms. The molecule has 0 spiro atoms. The van der Waals surface area contributed by atoms with Gasteiger partial charge in [0.15, 0.2) is 5.78 Å². The second-order valence-electron chi connectivity index (χ2n) is 8.97. The van der Waals surface area contributed by atoms with Crippen LogP contribution >= 0.6 is 11.6 Å². The number of aliphatic hydroxyl groups is 1. The van der Waals surface area contributed by atoms with Crippen LogP contribution < -0.4 is 14.4 Å². The van der Waals surface area contributed by atoms with E-state index >= 15 is 0 Å². The molecule has 0 radical (unpaired) electrons. The Morgan fingerprint density at radius 2 is 1.73 bits per heavy atom. The highest BCUT2D eigenvalue weighted by molar-refractivity contribution is 6.30. The van der Waals surface area contributed by atoms with E-state index in [1.165, 1.54) is 0 Å². The van der Waals surface area contributed by atoms with Crippen molar-refractivity contribution in [3.05, 3.63) is 106 Å². The quantitative estimate of drug-likeness (QED) is 0.361. The predicted molar refractivity (Wildman–Crippen MR) is 146 cm³/mol. The van der Waals surface area contributed by atoms with E-state index in [9.17, 15) is 15.3 Å². The first-order valence-electron chi connectivity index (χ1n) is 12.1. The summed E-state index contributed by atoms with van der Waals surface area (Å²) in [6, 6.07) is 21.6. The lowest BCUT2D eigenvalue weighted by molar-refractivity contribution is -0.116. The summed E-state index contributed by atoms with van der Waals surface area (Å²) in [4.78, 5) is 15.4. The monoisotopic (exact) mass is 514 g/mol. The van der Waals surface area contributed by atoms with Crippen LogP contribution in [0, 0.1) is 5.41 Å². The molecule has 2 N–H and O–H groups in total. The van der Waals surface area contributed by atoms with Crippen LogP contribution in [0.3, 0.4) is 0 Å². The maximum absolute atomic E-state index is 13.7. The zero-order valence-electron chi connectivity index (χ0n) is 20.6. The van der Waals surface area contributed by atoms with Gasteiger partial charge in [-0.05, 0) is 55.3 Å². The fourth-order valence-corrected chi connectivity index (χ4v) is 5.32. The largest absolute Gasteiger partial charge is 0.507 e. The zero-order chi connectivity index (χ0) is 26.1. The third-order valence-corrected chi connectivity index (χ3v) is 7.14.